The third-order valence-corrected chi connectivity index (χ3v) is 7.64. The summed E-state index contributed by atoms with van der Waals surface area (Å²) >= 11 is 0. The number of likely N-dealkylation sites (tertiary alicyclic amines) is 1. The number of pyridine rings is 1. The molecular weight excluding hydrogens is 466 g/mol. The van der Waals surface area contributed by atoms with Crippen molar-refractivity contribution in [1.29, 1.82) is 0 Å². The van der Waals surface area contributed by atoms with Crippen molar-refractivity contribution >= 4 is 33.5 Å². The van der Waals surface area contributed by atoms with E-state index in [-0.39, 0.29) is 11.5 Å². The second-order valence-electron chi connectivity index (χ2n) is 9.89. The minimum Gasteiger partial charge on any atom is -0.356 e. The summed E-state index contributed by atoms with van der Waals surface area (Å²) in [6.07, 6.45) is 6.37. The van der Waals surface area contributed by atoms with Crippen LogP contribution >= 0.6 is 0 Å². The average molecular weight is 500 g/mol. The molecular formula is C28H33N7O2. The number of aryl methyl sites for hydroxylation is 1. The number of fused-ring (bicyclic) bond motifs is 2. The molecule has 1 amide bonds. The maximum absolute atomic E-state index is 14.0. The molecule has 2 aliphatic rings. The Balaban J connectivity index is 1.53. The molecule has 37 heavy (non-hydrogen) atoms. The van der Waals surface area contributed by atoms with Crippen LogP contribution in [0.25, 0.3) is 21.8 Å². The molecule has 4 aromatic rings. The molecule has 1 aromatic carbocycles. The molecule has 192 valence electrons. The third kappa shape index (κ3) is 4.17. The topological polar surface area (TPSA) is 88.3 Å². The zero-order chi connectivity index (χ0) is 25.4. The summed E-state index contributed by atoms with van der Waals surface area (Å²) in [6, 6.07) is 10.0. The Kier molecular flexibility index (Phi) is 6.38. The molecule has 0 atom stereocenters. The molecule has 2 aliphatic heterocycles. The molecule has 0 aliphatic carbocycles. The fourth-order valence-electron chi connectivity index (χ4n) is 5.80. The molecule has 0 radical (unpaired) electrons. The van der Waals surface area contributed by atoms with Crippen molar-refractivity contribution in [1.82, 2.24) is 29.3 Å². The van der Waals surface area contributed by atoms with Crippen LogP contribution in [-0.2, 0) is 13.1 Å². The maximum atomic E-state index is 14.0. The highest BCUT2D eigenvalue weighted by atomic mass is 16.2. The van der Waals surface area contributed by atoms with E-state index in [1.54, 1.807) is 17.1 Å². The van der Waals surface area contributed by atoms with E-state index in [4.69, 9.17) is 4.98 Å². The van der Waals surface area contributed by atoms with E-state index in [0.29, 0.717) is 29.7 Å². The van der Waals surface area contributed by atoms with Crippen LogP contribution in [0.2, 0.25) is 0 Å². The minimum absolute atomic E-state index is 0.0118. The van der Waals surface area contributed by atoms with E-state index >= 15 is 0 Å². The van der Waals surface area contributed by atoms with Gasteiger partial charge in [0, 0.05) is 50.9 Å². The molecule has 9 heteroatoms. The molecule has 2 saturated heterocycles. The van der Waals surface area contributed by atoms with Gasteiger partial charge in [-0.05, 0) is 44.2 Å². The van der Waals surface area contributed by atoms with E-state index < -0.39 is 0 Å². The lowest BCUT2D eigenvalue weighted by atomic mass is 10.1. The first-order chi connectivity index (χ1) is 18.2. The van der Waals surface area contributed by atoms with E-state index in [2.05, 4.69) is 15.2 Å². The molecule has 2 fully saturated rings. The number of nitrogens with one attached hydrogen (secondary N) is 1. The molecule has 0 bridgehead atoms. The largest absolute Gasteiger partial charge is 0.356 e. The van der Waals surface area contributed by atoms with Crippen LogP contribution in [0, 0.1) is 0 Å². The predicted molar refractivity (Wildman–Crippen MR) is 145 cm³/mol. The molecule has 6 rings (SSSR count). The normalized spacial score (nSPS) is 16.6. The molecule has 0 unspecified atom stereocenters. The molecule has 3 aromatic heterocycles. The van der Waals surface area contributed by atoms with Gasteiger partial charge in [0.15, 0.2) is 0 Å². The van der Waals surface area contributed by atoms with Gasteiger partial charge in [0.2, 0.25) is 0 Å². The fourth-order valence-corrected chi connectivity index (χ4v) is 5.80. The molecule has 0 saturated carbocycles. The van der Waals surface area contributed by atoms with Gasteiger partial charge in [-0.15, -0.1) is 0 Å². The first-order valence-electron chi connectivity index (χ1n) is 13.4. The number of hydrogen-bond acceptors (Lipinski definition) is 6. The lowest BCUT2D eigenvalue weighted by molar-refractivity contribution is 0.0795. The second kappa shape index (κ2) is 9.97. The highest BCUT2D eigenvalue weighted by molar-refractivity contribution is 6.10. The van der Waals surface area contributed by atoms with Crippen molar-refractivity contribution in [3.05, 3.63) is 64.5 Å². The van der Waals surface area contributed by atoms with Gasteiger partial charge in [-0.3, -0.25) is 19.1 Å². The van der Waals surface area contributed by atoms with E-state index in [1.807, 2.05) is 46.7 Å². The van der Waals surface area contributed by atoms with Crippen molar-refractivity contribution < 1.29 is 4.79 Å². The summed E-state index contributed by atoms with van der Waals surface area (Å²) in [5.41, 5.74) is 2.27. The van der Waals surface area contributed by atoms with E-state index in [1.165, 1.54) is 0 Å². The summed E-state index contributed by atoms with van der Waals surface area (Å²) in [5, 5.41) is 5.55. The first-order valence-corrected chi connectivity index (χ1v) is 13.4. The molecule has 9 nitrogen and oxygen atoms in total. The summed E-state index contributed by atoms with van der Waals surface area (Å²) in [6.45, 7) is 7.83. The number of carbonyl (C=O) groups is 1. The van der Waals surface area contributed by atoms with Crippen LogP contribution in [0.15, 0.2) is 47.7 Å². The van der Waals surface area contributed by atoms with Gasteiger partial charge in [0.25, 0.3) is 11.5 Å². The lowest BCUT2D eigenvalue weighted by Gasteiger charge is -2.26. The summed E-state index contributed by atoms with van der Waals surface area (Å²) in [4.78, 5) is 41.5. The number of benzene rings is 1. The van der Waals surface area contributed by atoms with Gasteiger partial charge >= 0.3 is 0 Å². The Bertz CT molecular complexity index is 1500. The SMILES string of the molecule is CCn1c(N2CCCNCC2)c(C(=O)N2CCCC2)c2ncn(Cc3nccc4ccccc34)c(=O)c21. The Labute approximate surface area is 215 Å². The van der Waals surface area contributed by atoms with Gasteiger partial charge < -0.3 is 19.7 Å². The van der Waals surface area contributed by atoms with Crippen LogP contribution in [0.3, 0.4) is 0 Å². The van der Waals surface area contributed by atoms with Crippen molar-refractivity contribution in [3.63, 3.8) is 0 Å². The number of carbonyl (C=O) groups excluding carboxylic acids is 1. The number of rotatable bonds is 5. The quantitative estimate of drug-likeness (QED) is 0.454. The third-order valence-electron chi connectivity index (χ3n) is 7.64. The highest BCUT2D eigenvalue weighted by Gasteiger charge is 2.32. The smallest absolute Gasteiger partial charge is 0.278 e. The summed E-state index contributed by atoms with van der Waals surface area (Å²) < 4.78 is 3.65. The van der Waals surface area contributed by atoms with E-state index in [9.17, 15) is 9.59 Å². The Morgan fingerprint density at radius 1 is 1.00 bits per heavy atom. The number of aromatic nitrogens is 4. The fraction of sp³-hybridized carbons (Fsp3) is 0.429. The molecule has 5 heterocycles. The van der Waals surface area contributed by atoms with Crippen LogP contribution in [0.5, 0.6) is 0 Å². The maximum Gasteiger partial charge on any atom is 0.278 e. The monoisotopic (exact) mass is 499 g/mol. The summed E-state index contributed by atoms with van der Waals surface area (Å²) in [7, 11) is 0. The van der Waals surface area contributed by atoms with Crippen molar-refractivity contribution in [3.8, 4) is 0 Å². The van der Waals surface area contributed by atoms with Crippen LogP contribution in [-0.4, -0.2) is 69.2 Å². The number of nitrogens with zero attached hydrogens (tertiary/aromatic N) is 6. The van der Waals surface area contributed by atoms with Gasteiger partial charge in [-0.2, -0.15) is 0 Å². The Morgan fingerprint density at radius 3 is 2.68 bits per heavy atom. The average Bonchev–Trinajstić information content (AvgIpc) is 3.49. The minimum atomic E-state index is -0.142. The van der Waals surface area contributed by atoms with Crippen molar-refractivity contribution in [2.24, 2.45) is 0 Å². The number of hydrogen-bond donors (Lipinski definition) is 1. The number of amides is 1. The number of anilines is 1. The van der Waals surface area contributed by atoms with Gasteiger partial charge in [-0.25, -0.2) is 4.98 Å². The second-order valence-corrected chi connectivity index (χ2v) is 9.89. The van der Waals surface area contributed by atoms with Crippen LogP contribution in [0.4, 0.5) is 5.82 Å². The highest BCUT2D eigenvalue weighted by Crippen LogP contribution is 2.33. The van der Waals surface area contributed by atoms with Crippen molar-refractivity contribution in [2.75, 3.05) is 44.2 Å². The Hall–Kier alpha value is -3.72. The lowest BCUT2D eigenvalue weighted by Crippen LogP contribution is -2.34. The van der Waals surface area contributed by atoms with E-state index in [0.717, 1.165) is 80.8 Å². The zero-order valence-corrected chi connectivity index (χ0v) is 21.3. The standard InChI is InChI=1S/C28H33N7O2/c1-2-35-25-24(23(27(36)33-14-5-6-15-33)26(35)32-16-7-11-29-13-17-32)31-19-34(28(25)37)18-22-21-9-4-3-8-20(21)10-12-30-22/h3-4,8-10,12,19,29H,2,5-7,11,13-18H2,1H3. The van der Waals surface area contributed by atoms with Crippen LogP contribution in [0.1, 0.15) is 42.2 Å². The zero-order valence-electron chi connectivity index (χ0n) is 21.3. The van der Waals surface area contributed by atoms with Crippen LogP contribution < -0.4 is 15.8 Å². The Morgan fingerprint density at radius 2 is 1.84 bits per heavy atom. The van der Waals surface area contributed by atoms with Gasteiger partial charge in [0.1, 0.15) is 22.4 Å². The van der Waals surface area contributed by atoms with Gasteiger partial charge in [-0.1, -0.05) is 24.3 Å². The predicted octanol–water partition coefficient (Wildman–Crippen LogP) is 2.85. The molecule has 1 N–H and O–H groups in total. The van der Waals surface area contributed by atoms with Crippen molar-refractivity contribution in [2.45, 2.75) is 39.3 Å². The first kappa shape index (κ1) is 23.7. The summed E-state index contributed by atoms with van der Waals surface area (Å²) in [5.74, 6) is 0.825. The van der Waals surface area contributed by atoms with Gasteiger partial charge in [0.05, 0.1) is 18.6 Å². The molecule has 0 spiro atoms.